The summed E-state index contributed by atoms with van der Waals surface area (Å²) in [6, 6.07) is 9.23. The van der Waals surface area contributed by atoms with Crippen molar-refractivity contribution in [1.29, 1.82) is 5.26 Å². The number of carbonyl (C=O) groups excluding carboxylic acids is 1. The molecule has 0 saturated carbocycles. The molecule has 1 aromatic heterocycles. The average Bonchev–Trinajstić information content (AvgIpc) is 3.01. The van der Waals surface area contributed by atoms with Crippen molar-refractivity contribution in [3.8, 4) is 6.07 Å². The average molecular weight is 398 g/mol. The smallest absolute Gasteiger partial charge is 0.270 e. The van der Waals surface area contributed by atoms with Crippen LogP contribution in [0.2, 0.25) is 0 Å². The zero-order chi connectivity index (χ0) is 20.9. The number of hydrogen-bond donors (Lipinski definition) is 1. The van der Waals surface area contributed by atoms with Crippen LogP contribution in [0.5, 0.6) is 0 Å². The molecule has 2 heterocycles. The van der Waals surface area contributed by atoms with Crippen LogP contribution in [-0.2, 0) is 16.3 Å². The van der Waals surface area contributed by atoms with E-state index in [2.05, 4.69) is 4.99 Å². The molecule has 0 unspecified atom stereocenters. The Bertz CT molecular complexity index is 1010. The number of rotatable bonds is 3. The number of nitrogens with two attached hydrogens (primary N) is 1. The van der Waals surface area contributed by atoms with E-state index in [1.54, 1.807) is 13.0 Å². The van der Waals surface area contributed by atoms with Gasteiger partial charge in [0.2, 0.25) is 5.91 Å². The second kappa shape index (κ2) is 6.71. The first kappa shape index (κ1) is 20.0. The van der Waals surface area contributed by atoms with E-state index in [1.807, 2.05) is 6.07 Å². The minimum absolute atomic E-state index is 0.0333. The van der Waals surface area contributed by atoms with E-state index in [1.165, 1.54) is 36.2 Å². The summed E-state index contributed by atoms with van der Waals surface area (Å²) in [5, 5.41) is 9.22. The maximum atomic E-state index is 13.6. The summed E-state index contributed by atoms with van der Waals surface area (Å²) in [5.74, 6) is -4.09. The highest BCUT2D eigenvalue weighted by atomic mass is 32.1. The lowest BCUT2D eigenvalue weighted by atomic mass is 9.77. The molecule has 1 aromatic carbocycles. The molecule has 1 aliphatic rings. The molecule has 0 bridgehead atoms. The van der Waals surface area contributed by atoms with Crippen molar-refractivity contribution in [3.63, 3.8) is 0 Å². The standard InChI is InChI=1S/C19H17BF2N4OS/c1-18(14-8-12(20)13(9-23)28-14)15(16(27)26(3)17(24)25-18)10-4-6-11(7-5-10)19(2,21)22/h4-8,15H,1-3H3,(H2,24,25)/t15-,18+/m0/s1. The molecule has 2 radical (unpaired) electrons. The first-order valence-corrected chi connectivity index (χ1v) is 9.21. The number of nitriles is 1. The topological polar surface area (TPSA) is 82.5 Å². The number of halogens is 2. The Kier molecular flexibility index (Phi) is 4.80. The largest absolute Gasteiger partial charge is 0.369 e. The van der Waals surface area contributed by atoms with Gasteiger partial charge in [-0.25, -0.2) is 13.8 Å². The van der Waals surface area contributed by atoms with Crippen molar-refractivity contribution in [1.82, 2.24) is 4.90 Å². The first-order chi connectivity index (χ1) is 13.0. The Hall–Kier alpha value is -2.73. The molecule has 2 aromatic rings. The molecule has 9 heteroatoms. The van der Waals surface area contributed by atoms with Gasteiger partial charge in [0.15, 0.2) is 5.96 Å². The summed E-state index contributed by atoms with van der Waals surface area (Å²) in [5.41, 5.74) is 5.49. The molecule has 5 nitrogen and oxygen atoms in total. The molecule has 142 valence electrons. The van der Waals surface area contributed by atoms with E-state index in [0.717, 1.165) is 18.3 Å². The van der Waals surface area contributed by atoms with E-state index >= 15 is 0 Å². The van der Waals surface area contributed by atoms with Crippen molar-refractivity contribution >= 4 is 36.5 Å². The van der Waals surface area contributed by atoms with Crippen molar-refractivity contribution < 1.29 is 13.6 Å². The molecule has 2 atom stereocenters. The Labute approximate surface area is 166 Å². The van der Waals surface area contributed by atoms with Crippen LogP contribution in [0, 0.1) is 11.3 Å². The van der Waals surface area contributed by atoms with Gasteiger partial charge in [-0.1, -0.05) is 35.8 Å². The van der Waals surface area contributed by atoms with Crippen molar-refractivity contribution in [2.24, 2.45) is 10.7 Å². The highest BCUT2D eigenvalue weighted by Gasteiger charge is 2.48. The molecule has 0 aliphatic carbocycles. The van der Waals surface area contributed by atoms with Crippen LogP contribution in [0.15, 0.2) is 35.3 Å². The Morgan fingerprint density at radius 1 is 1.39 bits per heavy atom. The van der Waals surface area contributed by atoms with Gasteiger partial charge in [-0.15, -0.1) is 11.3 Å². The van der Waals surface area contributed by atoms with Crippen LogP contribution < -0.4 is 11.2 Å². The highest BCUT2D eigenvalue weighted by Crippen LogP contribution is 2.46. The van der Waals surface area contributed by atoms with Gasteiger partial charge in [-0.05, 0) is 12.5 Å². The number of hydrogen-bond acceptors (Lipinski definition) is 5. The quantitative estimate of drug-likeness (QED) is 0.806. The van der Waals surface area contributed by atoms with Crippen molar-refractivity contribution in [3.05, 3.63) is 51.2 Å². The van der Waals surface area contributed by atoms with E-state index in [0.29, 0.717) is 20.8 Å². The third kappa shape index (κ3) is 3.18. The number of guanidine groups is 1. The fraction of sp³-hybridized carbons (Fsp3) is 0.316. The molecule has 0 saturated heterocycles. The van der Waals surface area contributed by atoms with E-state index in [4.69, 9.17) is 13.6 Å². The summed E-state index contributed by atoms with van der Waals surface area (Å²) in [7, 11) is 7.40. The van der Waals surface area contributed by atoms with Gasteiger partial charge in [0.05, 0.1) is 10.8 Å². The van der Waals surface area contributed by atoms with E-state index < -0.39 is 17.4 Å². The first-order valence-electron chi connectivity index (χ1n) is 8.40. The second-order valence-corrected chi connectivity index (χ2v) is 8.02. The predicted molar refractivity (Wildman–Crippen MR) is 105 cm³/mol. The molecule has 1 amide bonds. The Morgan fingerprint density at radius 3 is 2.50 bits per heavy atom. The van der Waals surface area contributed by atoms with Gasteiger partial charge in [0.1, 0.15) is 19.5 Å². The number of nitrogens with zero attached hydrogens (tertiary/aromatic N) is 3. The third-order valence-electron chi connectivity index (χ3n) is 4.94. The van der Waals surface area contributed by atoms with Crippen LogP contribution in [0.1, 0.15) is 40.6 Å². The van der Waals surface area contributed by atoms with Gasteiger partial charge in [-0.3, -0.25) is 9.69 Å². The van der Waals surface area contributed by atoms with Crippen LogP contribution >= 0.6 is 11.3 Å². The SMILES string of the molecule is [B]c1cc([C@@]2(C)N=C(N)N(C)C(=O)[C@@H]2c2ccc(C(C)(F)F)cc2)sc1C#N. The van der Waals surface area contributed by atoms with Gasteiger partial charge < -0.3 is 5.73 Å². The predicted octanol–water partition coefficient (Wildman–Crippen LogP) is 2.31. The van der Waals surface area contributed by atoms with Crippen LogP contribution in [0.3, 0.4) is 0 Å². The minimum Gasteiger partial charge on any atom is -0.369 e. The number of likely N-dealkylation sites (N-methyl/N-ethyl adjacent to an activating group) is 1. The van der Waals surface area contributed by atoms with Crippen molar-refractivity contribution in [2.45, 2.75) is 31.2 Å². The van der Waals surface area contributed by atoms with Gasteiger partial charge in [0.25, 0.3) is 5.92 Å². The molecule has 3 rings (SSSR count). The Balaban J connectivity index is 2.17. The highest BCUT2D eigenvalue weighted by molar-refractivity contribution is 7.13. The number of amides is 1. The lowest BCUT2D eigenvalue weighted by molar-refractivity contribution is -0.130. The maximum absolute atomic E-state index is 13.6. The lowest BCUT2D eigenvalue weighted by Crippen LogP contribution is -2.52. The fourth-order valence-electron chi connectivity index (χ4n) is 3.30. The summed E-state index contributed by atoms with van der Waals surface area (Å²) in [4.78, 5) is 19.8. The maximum Gasteiger partial charge on any atom is 0.270 e. The number of carbonyl (C=O) groups is 1. The summed E-state index contributed by atoms with van der Waals surface area (Å²) >= 11 is 1.14. The van der Waals surface area contributed by atoms with Gasteiger partial charge >= 0.3 is 0 Å². The molecular formula is C19H17BF2N4OS. The number of aliphatic imine (C=N–C) groups is 1. The van der Waals surface area contributed by atoms with Crippen LogP contribution in [-0.4, -0.2) is 31.7 Å². The molecule has 2 N–H and O–H groups in total. The monoisotopic (exact) mass is 398 g/mol. The summed E-state index contributed by atoms with van der Waals surface area (Å²) in [6.07, 6.45) is 0. The van der Waals surface area contributed by atoms with Crippen molar-refractivity contribution in [2.75, 3.05) is 7.05 Å². The molecule has 0 spiro atoms. The normalized spacial score (nSPS) is 22.7. The number of thiophene rings is 1. The summed E-state index contributed by atoms with van der Waals surface area (Å²) < 4.78 is 27.1. The van der Waals surface area contributed by atoms with E-state index in [-0.39, 0.29) is 17.4 Å². The fourth-order valence-corrected chi connectivity index (χ4v) is 4.30. The van der Waals surface area contributed by atoms with Gasteiger partial charge in [-0.2, -0.15) is 5.26 Å². The van der Waals surface area contributed by atoms with E-state index in [9.17, 15) is 18.8 Å². The minimum atomic E-state index is -2.98. The zero-order valence-electron chi connectivity index (χ0n) is 15.5. The molecular weight excluding hydrogens is 381 g/mol. The summed E-state index contributed by atoms with van der Waals surface area (Å²) in [6.45, 7) is 2.54. The second-order valence-electron chi connectivity index (χ2n) is 6.97. The lowest BCUT2D eigenvalue weighted by Gasteiger charge is -2.40. The zero-order valence-corrected chi connectivity index (χ0v) is 16.3. The molecule has 0 fully saturated rings. The third-order valence-corrected chi connectivity index (χ3v) is 6.22. The molecule has 1 aliphatic heterocycles. The van der Waals surface area contributed by atoms with Crippen LogP contribution in [0.4, 0.5) is 8.78 Å². The number of benzene rings is 1. The van der Waals surface area contributed by atoms with Crippen LogP contribution in [0.25, 0.3) is 0 Å². The van der Waals surface area contributed by atoms with Gasteiger partial charge in [0, 0.05) is 24.4 Å². The Morgan fingerprint density at radius 2 is 2.00 bits per heavy atom. The number of alkyl halides is 2. The molecule has 28 heavy (non-hydrogen) atoms.